The number of carbonyl (C=O) groups is 3. The van der Waals surface area contributed by atoms with Crippen LogP contribution in [0.2, 0.25) is 0 Å². The molecule has 3 saturated heterocycles. The summed E-state index contributed by atoms with van der Waals surface area (Å²) in [5, 5.41) is 14.5. The van der Waals surface area contributed by atoms with Crippen molar-refractivity contribution in [3.8, 4) is 5.75 Å². The predicted octanol–water partition coefficient (Wildman–Crippen LogP) is 2.65. The molecular formula is C25H24N4O6. The lowest BCUT2D eigenvalue weighted by Gasteiger charge is -2.36. The fraction of sp³-hybridized carbons (Fsp3) is 0.400. The molecule has 0 aromatic heterocycles. The largest absolute Gasteiger partial charge is 0.490 e. The molecule has 0 aliphatic carbocycles. The first-order valence-electron chi connectivity index (χ1n) is 11.6. The van der Waals surface area contributed by atoms with E-state index in [0.29, 0.717) is 24.2 Å². The fourth-order valence-corrected chi connectivity index (χ4v) is 6.82. The molecule has 10 heteroatoms. The van der Waals surface area contributed by atoms with Gasteiger partial charge in [-0.25, -0.2) is 4.90 Å². The highest BCUT2D eigenvalue weighted by atomic mass is 16.6. The monoisotopic (exact) mass is 476 g/mol. The molecule has 2 aromatic rings. The van der Waals surface area contributed by atoms with E-state index in [1.165, 1.54) is 19.2 Å². The third-order valence-electron chi connectivity index (χ3n) is 8.17. The van der Waals surface area contributed by atoms with Crippen molar-refractivity contribution in [1.82, 2.24) is 4.90 Å². The molecule has 4 aliphatic heterocycles. The van der Waals surface area contributed by atoms with Crippen LogP contribution in [0.4, 0.5) is 17.1 Å². The zero-order chi connectivity index (χ0) is 24.8. The second-order valence-electron chi connectivity index (χ2n) is 9.70. The van der Waals surface area contributed by atoms with Crippen molar-refractivity contribution in [1.29, 1.82) is 0 Å². The van der Waals surface area contributed by atoms with Crippen LogP contribution < -0.4 is 15.0 Å². The van der Waals surface area contributed by atoms with E-state index < -0.39 is 28.2 Å². The molecule has 1 spiro atoms. The van der Waals surface area contributed by atoms with Crippen molar-refractivity contribution in [3.05, 3.63) is 57.1 Å². The first-order valence-corrected chi connectivity index (χ1v) is 11.6. The van der Waals surface area contributed by atoms with Crippen LogP contribution in [-0.4, -0.2) is 47.2 Å². The molecule has 4 heterocycles. The van der Waals surface area contributed by atoms with Crippen molar-refractivity contribution in [2.45, 2.75) is 38.3 Å². The van der Waals surface area contributed by atoms with E-state index >= 15 is 0 Å². The Morgan fingerprint density at radius 3 is 2.63 bits per heavy atom. The molecule has 4 atom stereocenters. The predicted molar refractivity (Wildman–Crippen MR) is 125 cm³/mol. The van der Waals surface area contributed by atoms with Gasteiger partial charge in [-0.3, -0.25) is 29.4 Å². The summed E-state index contributed by atoms with van der Waals surface area (Å²) in [5.74, 6) is -2.71. The molecule has 180 valence electrons. The van der Waals surface area contributed by atoms with Crippen molar-refractivity contribution in [2.24, 2.45) is 11.8 Å². The van der Waals surface area contributed by atoms with Gasteiger partial charge in [0.2, 0.25) is 17.7 Å². The van der Waals surface area contributed by atoms with E-state index in [0.717, 1.165) is 22.4 Å². The smallest absolute Gasteiger partial charge is 0.311 e. The van der Waals surface area contributed by atoms with Crippen molar-refractivity contribution >= 4 is 34.8 Å². The van der Waals surface area contributed by atoms with Gasteiger partial charge in [0.05, 0.1) is 29.6 Å². The summed E-state index contributed by atoms with van der Waals surface area (Å²) in [6, 6.07) is 8.10. The lowest BCUT2D eigenvalue weighted by atomic mass is 9.75. The molecule has 3 amide bonds. The van der Waals surface area contributed by atoms with Crippen molar-refractivity contribution < 1.29 is 24.0 Å². The zero-order valence-electron chi connectivity index (χ0n) is 19.5. The Balaban J connectivity index is 1.54. The molecule has 0 unspecified atom stereocenters. The normalized spacial score (nSPS) is 28.9. The van der Waals surface area contributed by atoms with Gasteiger partial charge < -0.3 is 10.1 Å². The molecule has 0 bridgehead atoms. The number of fused-ring (bicyclic) bond motifs is 7. The molecule has 1 N–H and O–H groups in total. The Kier molecular flexibility index (Phi) is 4.41. The summed E-state index contributed by atoms with van der Waals surface area (Å²) in [7, 11) is 1.30. The minimum atomic E-state index is -1.26. The van der Waals surface area contributed by atoms with Crippen molar-refractivity contribution in [2.75, 3.05) is 23.9 Å². The van der Waals surface area contributed by atoms with Gasteiger partial charge in [-0.2, -0.15) is 0 Å². The molecule has 10 nitrogen and oxygen atoms in total. The Hall–Kier alpha value is -3.79. The number of ether oxygens (including phenoxy) is 1. The fourth-order valence-electron chi connectivity index (χ4n) is 6.82. The van der Waals surface area contributed by atoms with Gasteiger partial charge in [0.15, 0.2) is 5.75 Å². The summed E-state index contributed by atoms with van der Waals surface area (Å²) in [4.78, 5) is 55.9. The molecule has 0 radical (unpaired) electrons. The number of methoxy groups -OCH3 is 1. The average molecular weight is 476 g/mol. The van der Waals surface area contributed by atoms with Gasteiger partial charge in [0.25, 0.3) is 0 Å². The first kappa shape index (κ1) is 21.7. The lowest BCUT2D eigenvalue weighted by molar-refractivity contribution is -0.385. The lowest BCUT2D eigenvalue weighted by Crippen LogP contribution is -2.54. The van der Waals surface area contributed by atoms with Crippen LogP contribution in [0.1, 0.15) is 29.5 Å². The second kappa shape index (κ2) is 7.11. The van der Waals surface area contributed by atoms with Gasteiger partial charge in [0, 0.05) is 29.4 Å². The average Bonchev–Trinajstić information content (AvgIpc) is 3.53. The highest BCUT2D eigenvalue weighted by Crippen LogP contribution is 2.61. The summed E-state index contributed by atoms with van der Waals surface area (Å²) < 4.78 is 5.20. The third-order valence-corrected chi connectivity index (χ3v) is 8.17. The minimum absolute atomic E-state index is 0.0370. The number of anilines is 2. The maximum absolute atomic E-state index is 14.1. The van der Waals surface area contributed by atoms with E-state index in [2.05, 4.69) is 10.2 Å². The second-order valence-corrected chi connectivity index (χ2v) is 9.70. The number of carbonyl (C=O) groups excluding carboxylic acids is 3. The summed E-state index contributed by atoms with van der Waals surface area (Å²) in [6.45, 7) is 4.16. The number of rotatable bonds is 3. The van der Waals surface area contributed by atoms with Gasteiger partial charge in [0.1, 0.15) is 5.54 Å². The van der Waals surface area contributed by atoms with Crippen LogP contribution >= 0.6 is 0 Å². The van der Waals surface area contributed by atoms with E-state index in [4.69, 9.17) is 4.74 Å². The third kappa shape index (κ3) is 2.49. The summed E-state index contributed by atoms with van der Waals surface area (Å²) in [5.41, 5.74) is 1.50. The first-order chi connectivity index (χ1) is 16.7. The molecule has 3 fully saturated rings. The van der Waals surface area contributed by atoms with E-state index in [9.17, 15) is 24.5 Å². The number of nitrogens with zero attached hydrogens (tertiary/aromatic N) is 3. The molecule has 2 aromatic carbocycles. The van der Waals surface area contributed by atoms with Crippen LogP contribution in [-0.2, 0) is 19.9 Å². The van der Waals surface area contributed by atoms with Gasteiger partial charge in [-0.05, 0) is 44.4 Å². The van der Waals surface area contributed by atoms with E-state index in [1.54, 1.807) is 6.92 Å². The number of nitro groups is 1. The zero-order valence-corrected chi connectivity index (χ0v) is 19.5. The van der Waals surface area contributed by atoms with Gasteiger partial charge in [-0.1, -0.05) is 18.2 Å². The quantitative estimate of drug-likeness (QED) is 0.411. The highest BCUT2D eigenvalue weighted by molar-refractivity contribution is 6.26. The van der Waals surface area contributed by atoms with Crippen LogP contribution in [0.5, 0.6) is 5.75 Å². The highest BCUT2D eigenvalue weighted by Gasteiger charge is 2.74. The number of hydrogen-bond acceptors (Lipinski definition) is 7. The van der Waals surface area contributed by atoms with Crippen LogP contribution in [0.25, 0.3) is 0 Å². The number of aryl methyl sites for hydroxylation is 2. The van der Waals surface area contributed by atoms with Crippen LogP contribution in [0.3, 0.4) is 0 Å². The topological polar surface area (TPSA) is 122 Å². The summed E-state index contributed by atoms with van der Waals surface area (Å²) >= 11 is 0. The number of hydrogen-bond donors (Lipinski definition) is 1. The standard InChI is InChI=1S/C25H24N4O6/c1-12-6-4-7-14-21(12)26-24(32)25(14)20-19(15-8-5-9-27(15)25)22(30)28(23(20)31)16-11-18(35-3)17(29(33)34)10-13(16)2/h4,6-7,10-11,15,19-20H,5,8-9H2,1-3H3,(H,26,32)/t15-,19-,20-,25-/m1/s1. The number of nitrogens with one attached hydrogen (secondary N) is 1. The molecule has 35 heavy (non-hydrogen) atoms. The maximum atomic E-state index is 14.1. The summed E-state index contributed by atoms with van der Waals surface area (Å²) in [6.07, 6.45) is 1.54. The number of benzene rings is 2. The Bertz CT molecular complexity index is 1360. The Labute approximate surface area is 201 Å². The van der Waals surface area contributed by atoms with Gasteiger partial charge in [-0.15, -0.1) is 0 Å². The Morgan fingerprint density at radius 2 is 1.91 bits per heavy atom. The molecule has 6 rings (SSSR count). The van der Waals surface area contributed by atoms with Gasteiger partial charge >= 0.3 is 5.69 Å². The maximum Gasteiger partial charge on any atom is 0.311 e. The number of para-hydroxylation sites is 1. The molecule has 0 saturated carbocycles. The van der Waals surface area contributed by atoms with E-state index in [-0.39, 0.29) is 35.0 Å². The molecular weight excluding hydrogens is 452 g/mol. The number of nitro benzene ring substituents is 1. The van der Waals surface area contributed by atoms with Crippen molar-refractivity contribution in [3.63, 3.8) is 0 Å². The SMILES string of the molecule is COc1cc(N2C(=O)[C@@H]3[C@H]4CCCN4[C@@]4(C(=O)Nc5c(C)cccc54)[C@H]3C2=O)c(C)cc1[N+](=O)[O-]. The van der Waals surface area contributed by atoms with Crippen LogP contribution in [0.15, 0.2) is 30.3 Å². The molecule has 4 aliphatic rings. The Morgan fingerprint density at radius 1 is 1.14 bits per heavy atom. The number of imide groups is 1. The van der Waals surface area contributed by atoms with E-state index in [1.807, 2.05) is 25.1 Å². The van der Waals surface area contributed by atoms with Crippen LogP contribution in [0, 0.1) is 35.8 Å². The number of amides is 3. The minimum Gasteiger partial charge on any atom is -0.490 e.